The first kappa shape index (κ1) is 18.5. The molecule has 3 heterocycles. The minimum Gasteiger partial charge on any atom is -0.397 e. The molecule has 2 aromatic heterocycles. The van der Waals surface area contributed by atoms with Crippen LogP contribution >= 0.6 is 0 Å². The van der Waals surface area contributed by atoms with Gasteiger partial charge in [0.1, 0.15) is 29.3 Å². The second kappa shape index (κ2) is 6.96. The molecule has 11 heteroatoms. The third kappa shape index (κ3) is 2.85. The highest BCUT2D eigenvalue weighted by atomic mass is 16.6. The molecule has 1 saturated heterocycles. The van der Waals surface area contributed by atoms with Gasteiger partial charge in [-0.25, -0.2) is 4.98 Å². The Labute approximate surface area is 157 Å². The molecule has 0 bridgehead atoms. The lowest BCUT2D eigenvalue weighted by Gasteiger charge is -2.40. The number of imidazole rings is 1. The highest BCUT2D eigenvalue weighted by Crippen LogP contribution is 2.36. The van der Waals surface area contributed by atoms with Crippen LogP contribution in [0.15, 0.2) is 40.8 Å². The average molecular weight is 391 g/mol. The van der Waals surface area contributed by atoms with Crippen molar-refractivity contribution in [2.24, 2.45) is 0 Å². The summed E-state index contributed by atoms with van der Waals surface area (Å²) in [4.78, 5) is 14.7. The molecular formula is C17H17N3O8. The lowest BCUT2D eigenvalue weighted by molar-refractivity contribution is -0.401. The second-order valence-electron chi connectivity index (χ2n) is 6.41. The Morgan fingerprint density at radius 3 is 2.54 bits per heavy atom. The van der Waals surface area contributed by atoms with Gasteiger partial charge in [0.25, 0.3) is 0 Å². The van der Waals surface area contributed by atoms with Crippen molar-refractivity contribution in [3.05, 3.63) is 46.5 Å². The maximum Gasteiger partial charge on any atom is 0.433 e. The molecule has 0 aliphatic carbocycles. The minimum absolute atomic E-state index is 0.0554. The first-order chi connectivity index (χ1) is 13.4. The topological polar surface area (TPSA) is 164 Å². The van der Waals surface area contributed by atoms with Crippen LogP contribution in [0.3, 0.4) is 0 Å². The number of rotatable bonds is 4. The van der Waals surface area contributed by atoms with Crippen molar-refractivity contribution in [1.82, 2.24) is 9.55 Å². The molecule has 148 valence electrons. The van der Waals surface area contributed by atoms with Crippen molar-refractivity contribution in [3.8, 4) is 11.6 Å². The van der Waals surface area contributed by atoms with E-state index < -0.39 is 48.1 Å². The van der Waals surface area contributed by atoms with Gasteiger partial charge in [-0.3, -0.25) is 14.7 Å². The summed E-state index contributed by atoms with van der Waals surface area (Å²) >= 11 is 0. The summed E-state index contributed by atoms with van der Waals surface area (Å²) in [7, 11) is 0. The van der Waals surface area contributed by atoms with Gasteiger partial charge in [-0.1, -0.05) is 12.1 Å². The molecule has 28 heavy (non-hydrogen) atoms. The van der Waals surface area contributed by atoms with Gasteiger partial charge in [0.15, 0.2) is 17.8 Å². The number of hydrogen-bond acceptors (Lipinski definition) is 9. The number of para-hydroxylation sites is 2. The van der Waals surface area contributed by atoms with Gasteiger partial charge in [0, 0.05) is 0 Å². The number of hydrogen-bond donors (Lipinski definition) is 4. The fourth-order valence-corrected chi connectivity index (χ4v) is 3.32. The van der Waals surface area contributed by atoms with Crippen LogP contribution in [0.1, 0.15) is 6.23 Å². The molecule has 1 fully saturated rings. The smallest absolute Gasteiger partial charge is 0.397 e. The van der Waals surface area contributed by atoms with E-state index in [1.54, 1.807) is 24.3 Å². The van der Waals surface area contributed by atoms with Gasteiger partial charge >= 0.3 is 5.88 Å². The summed E-state index contributed by atoms with van der Waals surface area (Å²) in [5.74, 6) is -0.305. The zero-order valence-electron chi connectivity index (χ0n) is 14.3. The zero-order chi connectivity index (χ0) is 20.0. The maximum absolute atomic E-state index is 10.9. The lowest BCUT2D eigenvalue weighted by Crippen LogP contribution is -2.56. The molecule has 3 aromatic rings. The molecule has 11 nitrogen and oxygen atoms in total. The minimum atomic E-state index is -1.59. The quantitative estimate of drug-likeness (QED) is 0.358. The van der Waals surface area contributed by atoms with Gasteiger partial charge in [-0.05, 0) is 18.2 Å². The number of nitrogens with zero attached hydrogens (tertiary/aromatic N) is 3. The van der Waals surface area contributed by atoms with Crippen molar-refractivity contribution in [2.75, 3.05) is 6.61 Å². The fraction of sp³-hybridized carbons (Fsp3) is 0.353. The Morgan fingerprint density at radius 1 is 1.11 bits per heavy atom. The predicted octanol–water partition coefficient (Wildman–Crippen LogP) is 0.177. The monoisotopic (exact) mass is 391 g/mol. The maximum atomic E-state index is 10.9. The number of ether oxygens (including phenoxy) is 1. The predicted molar refractivity (Wildman–Crippen MR) is 93.1 cm³/mol. The highest BCUT2D eigenvalue weighted by Gasteiger charge is 2.45. The second-order valence-corrected chi connectivity index (χ2v) is 6.41. The van der Waals surface area contributed by atoms with E-state index in [9.17, 15) is 30.5 Å². The van der Waals surface area contributed by atoms with E-state index in [1.807, 2.05) is 0 Å². The van der Waals surface area contributed by atoms with E-state index in [0.29, 0.717) is 11.0 Å². The van der Waals surface area contributed by atoms with E-state index >= 15 is 0 Å². The number of aliphatic hydroxyl groups excluding tert-OH is 4. The summed E-state index contributed by atoms with van der Waals surface area (Å²) in [6.45, 7) is -0.588. The standard InChI is InChI=1S/C17H17N3O8/c21-7-11-13(22)14(23)15(24)17(28-11)19-9-4-2-1-3-8(9)18-16(19)10-5-6-12(27-10)20(25)26/h1-6,11,13-15,17,21-24H,7H2/t11-,13+,14+,15-,17+/m1/s1. The van der Waals surface area contributed by atoms with E-state index in [4.69, 9.17) is 9.15 Å². The number of benzene rings is 1. The molecular weight excluding hydrogens is 374 g/mol. The Morgan fingerprint density at radius 2 is 1.86 bits per heavy atom. The Balaban J connectivity index is 1.88. The molecule has 0 saturated carbocycles. The normalized spacial score (nSPS) is 27.9. The molecule has 0 spiro atoms. The third-order valence-corrected chi connectivity index (χ3v) is 4.71. The van der Waals surface area contributed by atoms with E-state index in [1.165, 1.54) is 16.7 Å². The van der Waals surface area contributed by atoms with Crippen LogP contribution in [0.2, 0.25) is 0 Å². The number of fused-ring (bicyclic) bond motifs is 1. The number of aliphatic hydroxyl groups is 4. The SMILES string of the molecule is O=[N+]([O-])c1ccc(-c2nc3ccccc3n2[C@H]2O[C@H](CO)[C@H](O)[C@H](O)[C@H]2O)o1. The van der Waals surface area contributed by atoms with Crippen LogP contribution in [0.25, 0.3) is 22.6 Å². The van der Waals surface area contributed by atoms with E-state index in [-0.39, 0.29) is 11.6 Å². The van der Waals surface area contributed by atoms with E-state index in [2.05, 4.69) is 4.98 Å². The van der Waals surface area contributed by atoms with Crippen molar-refractivity contribution in [3.63, 3.8) is 0 Å². The molecule has 0 radical (unpaired) electrons. The molecule has 1 aromatic carbocycles. The number of aromatic nitrogens is 2. The van der Waals surface area contributed by atoms with Gasteiger partial charge in [-0.2, -0.15) is 0 Å². The molecule has 1 aliphatic rings. The fourth-order valence-electron chi connectivity index (χ4n) is 3.32. The van der Waals surface area contributed by atoms with Crippen LogP contribution in [0.4, 0.5) is 5.88 Å². The van der Waals surface area contributed by atoms with E-state index in [0.717, 1.165) is 0 Å². The van der Waals surface area contributed by atoms with Crippen LogP contribution < -0.4 is 0 Å². The van der Waals surface area contributed by atoms with Crippen LogP contribution in [-0.2, 0) is 4.74 Å². The summed E-state index contributed by atoms with van der Waals surface area (Å²) in [6.07, 6.45) is -7.01. The van der Waals surface area contributed by atoms with Gasteiger partial charge in [0.2, 0.25) is 0 Å². The van der Waals surface area contributed by atoms with Crippen molar-refractivity contribution >= 4 is 16.9 Å². The molecule has 5 atom stereocenters. The zero-order valence-corrected chi connectivity index (χ0v) is 14.3. The van der Waals surface area contributed by atoms with Crippen molar-refractivity contribution in [2.45, 2.75) is 30.6 Å². The molecule has 0 unspecified atom stereocenters. The summed E-state index contributed by atoms with van der Waals surface area (Å²) in [6, 6.07) is 9.37. The summed E-state index contributed by atoms with van der Waals surface area (Å²) in [5.41, 5.74) is 0.995. The molecule has 0 amide bonds. The molecule has 4 rings (SSSR count). The van der Waals surface area contributed by atoms with Crippen LogP contribution in [-0.4, -0.2) is 65.9 Å². The largest absolute Gasteiger partial charge is 0.433 e. The summed E-state index contributed by atoms with van der Waals surface area (Å²) in [5, 5.41) is 51.1. The highest BCUT2D eigenvalue weighted by molar-refractivity contribution is 5.80. The number of furan rings is 1. The van der Waals surface area contributed by atoms with Crippen LogP contribution in [0, 0.1) is 10.1 Å². The number of nitro groups is 1. The van der Waals surface area contributed by atoms with Crippen molar-refractivity contribution < 1.29 is 34.5 Å². The Kier molecular flexibility index (Phi) is 4.61. The van der Waals surface area contributed by atoms with Crippen molar-refractivity contribution in [1.29, 1.82) is 0 Å². The molecule has 4 N–H and O–H groups in total. The third-order valence-electron chi connectivity index (χ3n) is 4.71. The lowest BCUT2D eigenvalue weighted by atomic mass is 9.98. The Bertz CT molecular complexity index is 1010. The Hall–Kier alpha value is -2.83. The summed E-state index contributed by atoms with van der Waals surface area (Å²) < 4.78 is 12.3. The average Bonchev–Trinajstić information content (AvgIpc) is 3.31. The van der Waals surface area contributed by atoms with Gasteiger partial charge in [-0.15, -0.1) is 0 Å². The van der Waals surface area contributed by atoms with Gasteiger partial charge in [0.05, 0.1) is 23.7 Å². The van der Waals surface area contributed by atoms with Crippen LogP contribution in [0.5, 0.6) is 0 Å². The van der Waals surface area contributed by atoms with Gasteiger partial charge < -0.3 is 29.6 Å². The molecule has 1 aliphatic heterocycles. The first-order valence-electron chi connectivity index (χ1n) is 8.44. The first-order valence-corrected chi connectivity index (χ1v) is 8.44.